The van der Waals surface area contributed by atoms with E-state index in [-0.39, 0.29) is 5.41 Å². The number of carbonyl (C=O) groups excluding carboxylic acids is 1. The summed E-state index contributed by atoms with van der Waals surface area (Å²) in [6.07, 6.45) is 6.85. The van der Waals surface area contributed by atoms with Crippen LogP contribution in [0.5, 0.6) is 0 Å². The maximum atomic E-state index is 13.0. The van der Waals surface area contributed by atoms with Crippen LogP contribution in [-0.2, 0) is 0 Å². The molecule has 2 fully saturated rings. The van der Waals surface area contributed by atoms with Crippen molar-refractivity contribution in [2.24, 2.45) is 5.41 Å². The minimum atomic E-state index is -0.122. The van der Waals surface area contributed by atoms with Crippen LogP contribution in [0.15, 0.2) is 24.3 Å². The molecule has 108 valence electrons. The van der Waals surface area contributed by atoms with Gasteiger partial charge in [-0.25, -0.2) is 0 Å². The van der Waals surface area contributed by atoms with E-state index in [4.69, 9.17) is 0 Å². The fraction of sp³-hybridized carbons (Fsp3) is 0.611. The van der Waals surface area contributed by atoms with Crippen molar-refractivity contribution in [1.82, 2.24) is 5.32 Å². The van der Waals surface area contributed by atoms with Gasteiger partial charge in [0.05, 0.1) is 0 Å². The van der Waals surface area contributed by atoms with E-state index in [0.717, 1.165) is 37.9 Å². The van der Waals surface area contributed by atoms with Gasteiger partial charge < -0.3 is 5.32 Å². The summed E-state index contributed by atoms with van der Waals surface area (Å²) in [6, 6.07) is 8.46. The lowest BCUT2D eigenvalue weighted by molar-refractivity contribution is 0.0717. The zero-order chi connectivity index (χ0) is 14.0. The van der Waals surface area contributed by atoms with Gasteiger partial charge in [0.2, 0.25) is 0 Å². The highest BCUT2D eigenvalue weighted by Crippen LogP contribution is 2.39. The molecule has 0 spiro atoms. The van der Waals surface area contributed by atoms with Crippen LogP contribution in [0.4, 0.5) is 0 Å². The van der Waals surface area contributed by atoms with Crippen LogP contribution >= 0.6 is 0 Å². The highest BCUT2D eigenvalue weighted by Gasteiger charge is 2.38. The summed E-state index contributed by atoms with van der Waals surface area (Å²) < 4.78 is 0. The Bertz CT molecular complexity index is 484. The molecule has 2 aliphatic rings. The van der Waals surface area contributed by atoms with Crippen LogP contribution in [0.1, 0.15) is 67.3 Å². The third-order valence-electron chi connectivity index (χ3n) is 5.44. The molecule has 20 heavy (non-hydrogen) atoms. The van der Waals surface area contributed by atoms with E-state index in [9.17, 15) is 4.79 Å². The van der Waals surface area contributed by atoms with Crippen LogP contribution in [0.3, 0.4) is 0 Å². The molecule has 1 saturated heterocycles. The van der Waals surface area contributed by atoms with Gasteiger partial charge in [-0.2, -0.15) is 0 Å². The number of benzene rings is 1. The van der Waals surface area contributed by atoms with Gasteiger partial charge in [0.25, 0.3) is 0 Å². The number of ketones is 1. The van der Waals surface area contributed by atoms with Gasteiger partial charge in [-0.1, -0.05) is 31.5 Å². The summed E-state index contributed by atoms with van der Waals surface area (Å²) in [5.41, 5.74) is 2.20. The molecule has 1 heterocycles. The summed E-state index contributed by atoms with van der Waals surface area (Å²) in [6.45, 7) is 4.11. The standard InChI is InChI=1S/C18H25NO/c1-2-18(9-11-19-12-10-18)17(20)16-8-4-7-15(13-16)14-5-3-6-14/h4,7-8,13-14,19H,2-3,5-6,9-12H2,1H3. The average molecular weight is 271 g/mol. The molecule has 2 nitrogen and oxygen atoms in total. The number of hydrogen-bond donors (Lipinski definition) is 1. The zero-order valence-electron chi connectivity index (χ0n) is 12.5. The molecule has 3 rings (SSSR count). The molecular weight excluding hydrogens is 246 g/mol. The lowest BCUT2D eigenvalue weighted by atomic mass is 9.70. The Morgan fingerprint density at radius 3 is 2.65 bits per heavy atom. The Labute approximate surface area is 122 Å². The predicted octanol–water partition coefficient (Wildman–Crippen LogP) is 3.92. The number of rotatable bonds is 4. The van der Waals surface area contributed by atoms with Crippen molar-refractivity contribution >= 4 is 5.78 Å². The van der Waals surface area contributed by atoms with Gasteiger partial charge in [0, 0.05) is 11.0 Å². The van der Waals surface area contributed by atoms with Gasteiger partial charge in [0.15, 0.2) is 5.78 Å². The van der Waals surface area contributed by atoms with E-state index < -0.39 is 0 Å². The first-order chi connectivity index (χ1) is 9.75. The molecule has 0 amide bonds. The van der Waals surface area contributed by atoms with E-state index >= 15 is 0 Å². The summed E-state index contributed by atoms with van der Waals surface area (Å²) in [4.78, 5) is 13.0. The molecule has 1 aliphatic carbocycles. The van der Waals surface area contributed by atoms with Crippen LogP contribution < -0.4 is 5.32 Å². The number of Topliss-reactive ketones (excluding diaryl/α,β-unsaturated/α-hetero) is 1. The second-order valence-electron chi connectivity index (χ2n) is 6.47. The summed E-state index contributed by atoms with van der Waals surface area (Å²) in [5.74, 6) is 1.08. The smallest absolute Gasteiger partial charge is 0.169 e. The molecule has 2 heteroatoms. The van der Waals surface area contributed by atoms with E-state index in [0.29, 0.717) is 11.7 Å². The van der Waals surface area contributed by atoms with E-state index in [1.165, 1.54) is 24.8 Å². The van der Waals surface area contributed by atoms with Gasteiger partial charge in [0.1, 0.15) is 0 Å². The van der Waals surface area contributed by atoms with Gasteiger partial charge >= 0.3 is 0 Å². The summed E-state index contributed by atoms with van der Waals surface area (Å²) >= 11 is 0. The second kappa shape index (κ2) is 5.69. The maximum Gasteiger partial charge on any atom is 0.169 e. The largest absolute Gasteiger partial charge is 0.317 e. The Hall–Kier alpha value is -1.15. The minimum Gasteiger partial charge on any atom is -0.317 e. The molecule has 0 aromatic heterocycles. The Balaban J connectivity index is 1.85. The predicted molar refractivity (Wildman–Crippen MR) is 82.2 cm³/mol. The van der Waals surface area contributed by atoms with Crippen LogP contribution in [-0.4, -0.2) is 18.9 Å². The number of carbonyl (C=O) groups is 1. The first kappa shape index (κ1) is 13.8. The Morgan fingerprint density at radius 2 is 2.05 bits per heavy atom. The van der Waals surface area contributed by atoms with E-state index in [2.05, 4.69) is 30.4 Å². The lowest BCUT2D eigenvalue weighted by Gasteiger charge is -2.35. The number of nitrogens with one attached hydrogen (secondary N) is 1. The first-order valence-corrected chi connectivity index (χ1v) is 8.11. The topological polar surface area (TPSA) is 29.1 Å². The van der Waals surface area contributed by atoms with Crippen LogP contribution in [0.2, 0.25) is 0 Å². The quantitative estimate of drug-likeness (QED) is 0.841. The van der Waals surface area contributed by atoms with Crippen molar-refractivity contribution in [3.8, 4) is 0 Å². The average Bonchev–Trinajstić information content (AvgIpc) is 2.46. The SMILES string of the molecule is CCC1(C(=O)c2cccc(C3CCC3)c2)CCNCC1. The Morgan fingerprint density at radius 1 is 1.30 bits per heavy atom. The normalized spacial score (nSPS) is 22.2. The molecule has 0 radical (unpaired) electrons. The fourth-order valence-electron chi connectivity index (χ4n) is 3.63. The van der Waals surface area contributed by atoms with Crippen molar-refractivity contribution in [2.75, 3.05) is 13.1 Å². The molecule has 0 atom stereocenters. The zero-order valence-corrected chi connectivity index (χ0v) is 12.5. The van der Waals surface area contributed by atoms with Crippen molar-refractivity contribution in [1.29, 1.82) is 0 Å². The minimum absolute atomic E-state index is 0.122. The van der Waals surface area contributed by atoms with E-state index in [1.54, 1.807) is 0 Å². The molecular formula is C18H25NO. The highest BCUT2D eigenvalue weighted by atomic mass is 16.1. The van der Waals surface area contributed by atoms with Crippen LogP contribution in [0.25, 0.3) is 0 Å². The maximum absolute atomic E-state index is 13.0. The molecule has 1 aliphatic heterocycles. The van der Waals surface area contributed by atoms with Crippen molar-refractivity contribution in [2.45, 2.75) is 51.4 Å². The van der Waals surface area contributed by atoms with E-state index in [1.807, 2.05) is 6.07 Å². The number of hydrogen-bond acceptors (Lipinski definition) is 2. The third kappa shape index (κ3) is 2.42. The fourth-order valence-corrected chi connectivity index (χ4v) is 3.63. The van der Waals surface area contributed by atoms with Gasteiger partial charge in [-0.15, -0.1) is 0 Å². The lowest BCUT2D eigenvalue weighted by Crippen LogP contribution is -2.41. The molecule has 0 unspecified atom stereocenters. The molecule has 1 aromatic rings. The van der Waals surface area contributed by atoms with Crippen LogP contribution in [0, 0.1) is 5.41 Å². The third-order valence-corrected chi connectivity index (χ3v) is 5.44. The summed E-state index contributed by atoms with van der Waals surface area (Å²) in [5, 5.41) is 3.38. The summed E-state index contributed by atoms with van der Waals surface area (Å²) in [7, 11) is 0. The van der Waals surface area contributed by atoms with Crippen molar-refractivity contribution in [3.05, 3.63) is 35.4 Å². The van der Waals surface area contributed by atoms with Crippen molar-refractivity contribution in [3.63, 3.8) is 0 Å². The Kier molecular flexibility index (Phi) is 3.93. The molecule has 1 saturated carbocycles. The highest BCUT2D eigenvalue weighted by molar-refractivity contribution is 6.00. The monoisotopic (exact) mass is 271 g/mol. The first-order valence-electron chi connectivity index (χ1n) is 8.11. The number of piperidine rings is 1. The van der Waals surface area contributed by atoms with Gasteiger partial charge in [-0.3, -0.25) is 4.79 Å². The van der Waals surface area contributed by atoms with Crippen molar-refractivity contribution < 1.29 is 4.79 Å². The molecule has 1 N–H and O–H groups in total. The second-order valence-corrected chi connectivity index (χ2v) is 6.47. The van der Waals surface area contributed by atoms with Gasteiger partial charge in [-0.05, 0) is 62.7 Å². The molecule has 1 aromatic carbocycles. The molecule has 0 bridgehead atoms.